The molecule has 1 aliphatic heterocycles. The van der Waals surface area contributed by atoms with Gasteiger partial charge in [0.15, 0.2) is 0 Å². The van der Waals surface area contributed by atoms with Gasteiger partial charge in [-0.05, 0) is 26.3 Å². The highest BCUT2D eigenvalue weighted by Crippen LogP contribution is 2.05. The minimum Gasteiger partial charge on any atom is -0.393 e. The van der Waals surface area contributed by atoms with Crippen molar-refractivity contribution in [2.45, 2.75) is 31.4 Å². The highest BCUT2D eigenvalue weighted by molar-refractivity contribution is 5.82. The summed E-state index contributed by atoms with van der Waals surface area (Å²) in [5.41, 5.74) is -1.23. The Balaban J connectivity index is 2.27. The molecule has 0 bridgehead atoms. The molecule has 5 nitrogen and oxygen atoms in total. The molecule has 0 aliphatic carbocycles. The number of hydrogen-bond acceptors (Lipinski definition) is 4. The number of amides is 1. The van der Waals surface area contributed by atoms with Gasteiger partial charge in [0.05, 0.1) is 12.6 Å². The van der Waals surface area contributed by atoms with Crippen molar-refractivity contribution < 1.29 is 15.0 Å². The molecular formula is C9H18N2O3. The first-order valence-electron chi connectivity index (χ1n) is 4.89. The van der Waals surface area contributed by atoms with Gasteiger partial charge >= 0.3 is 0 Å². The molecule has 4 N–H and O–H groups in total. The minimum atomic E-state index is -1.23. The van der Waals surface area contributed by atoms with Gasteiger partial charge in [-0.1, -0.05) is 0 Å². The van der Waals surface area contributed by atoms with E-state index in [1.807, 2.05) is 0 Å². The summed E-state index contributed by atoms with van der Waals surface area (Å²) in [7, 11) is 0. The Bertz CT molecular complexity index is 200. The summed E-state index contributed by atoms with van der Waals surface area (Å²) in [5, 5.41) is 23.8. The first kappa shape index (κ1) is 11.4. The van der Waals surface area contributed by atoms with Crippen molar-refractivity contribution in [3.05, 3.63) is 0 Å². The maximum Gasteiger partial charge on any atom is 0.237 e. The number of nitrogens with one attached hydrogen (secondary N) is 2. The lowest BCUT2D eigenvalue weighted by Gasteiger charge is -2.21. The molecular weight excluding hydrogens is 184 g/mol. The van der Waals surface area contributed by atoms with Crippen molar-refractivity contribution in [3.8, 4) is 0 Å². The van der Waals surface area contributed by atoms with Crippen LogP contribution in [-0.2, 0) is 4.79 Å². The molecule has 1 aliphatic rings. The van der Waals surface area contributed by atoms with Crippen molar-refractivity contribution >= 4 is 5.91 Å². The normalized spacial score (nSPS) is 25.8. The predicted molar refractivity (Wildman–Crippen MR) is 51.7 cm³/mol. The van der Waals surface area contributed by atoms with Gasteiger partial charge in [0.1, 0.15) is 5.60 Å². The Labute approximate surface area is 83.5 Å². The van der Waals surface area contributed by atoms with Crippen molar-refractivity contribution in [1.82, 2.24) is 10.6 Å². The molecule has 0 radical (unpaired) electrons. The standard InChI is InChI=1S/C9H18N2O3/c1-9(14,6-12)5-11-8(13)7-3-2-4-10-7/h7,10,12,14H,2-6H2,1H3,(H,11,13)/t7-,9?/m1/s1. The van der Waals surface area contributed by atoms with E-state index in [1.165, 1.54) is 6.92 Å². The van der Waals surface area contributed by atoms with Crippen LogP contribution in [0, 0.1) is 0 Å². The van der Waals surface area contributed by atoms with Gasteiger partial charge in [-0.2, -0.15) is 0 Å². The molecule has 14 heavy (non-hydrogen) atoms. The largest absolute Gasteiger partial charge is 0.393 e. The molecule has 2 atom stereocenters. The van der Waals surface area contributed by atoms with E-state index in [-0.39, 0.29) is 25.1 Å². The zero-order valence-electron chi connectivity index (χ0n) is 8.42. The van der Waals surface area contributed by atoms with E-state index in [9.17, 15) is 9.90 Å². The highest BCUT2D eigenvalue weighted by Gasteiger charge is 2.25. The summed E-state index contributed by atoms with van der Waals surface area (Å²) >= 11 is 0. The molecule has 0 aromatic rings. The summed E-state index contributed by atoms with van der Waals surface area (Å²) in [6, 6.07) is -0.135. The Morgan fingerprint density at radius 1 is 1.71 bits per heavy atom. The fourth-order valence-corrected chi connectivity index (χ4v) is 1.36. The quantitative estimate of drug-likeness (QED) is 0.452. The maximum atomic E-state index is 11.4. The van der Waals surface area contributed by atoms with Crippen molar-refractivity contribution in [1.29, 1.82) is 0 Å². The third kappa shape index (κ3) is 3.25. The number of hydrogen-bond donors (Lipinski definition) is 4. The van der Waals surface area contributed by atoms with E-state index in [2.05, 4.69) is 10.6 Å². The van der Waals surface area contributed by atoms with Crippen LogP contribution in [0.15, 0.2) is 0 Å². The summed E-state index contributed by atoms with van der Waals surface area (Å²) in [4.78, 5) is 11.4. The second kappa shape index (κ2) is 4.72. The third-order valence-corrected chi connectivity index (χ3v) is 2.36. The summed E-state index contributed by atoms with van der Waals surface area (Å²) in [5.74, 6) is -0.101. The van der Waals surface area contributed by atoms with Gasteiger partial charge in [0.2, 0.25) is 5.91 Å². The summed E-state index contributed by atoms with van der Waals surface area (Å²) < 4.78 is 0. The molecule has 1 fully saturated rings. The second-order valence-electron chi connectivity index (χ2n) is 4.02. The average Bonchev–Trinajstić information content (AvgIpc) is 2.67. The lowest BCUT2D eigenvalue weighted by atomic mass is 10.1. The predicted octanol–water partition coefficient (Wildman–Crippen LogP) is -1.40. The second-order valence-corrected chi connectivity index (χ2v) is 4.02. The Morgan fingerprint density at radius 2 is 2.43 bits per heavy atom. The van der Waals surface area contributed by atoms with E-state index in [1.54, 1.807) is 0 Å². The zero-order chi connectivity index (χ0) is 10.6. The van der Waals surface area contributed by atoms with Crippen LogP contribution >= 0.6 is 0 Å². The molecule has 0 saturated carbocycles. The van der Waals surface area contributed by atoms with Gasteiger partial charge < -0.3 is 20.8 Å². The van der Waals surface area contributed by atoms with E-state index in [0.717, 1.165) is 19.4 Å². The monoisotopic (exact) mass is 202 g/mol. The van der Waals surface area contributed by atoms with Crippen molar-refractivity contribution in [2.24, 2.45) is 0 Å². The SMILES string of the molecule is CC(O)(CO)CNC(=O)[C@H]1CCCN1. The van der Waals surface area contributed by atoms with Crippen LogP contribution in [0.25, 0.3) is 0 Å². The van der Waals surface area contributed by atoms with Crippen LogP contribution < -0.4 is 10.6 Å². The molecule has 5 heteroatoms. The molecule has 1 amide bonds. The van der Waals surface area contributed by atoms with Crippen LogP contribution in [0.4, 0.5) is 0 Å². The molecule has 1 heterocycles. The van der Waals surface area contributed by atoms with E-state index >= 15 is 0 Å². The van der Waals surface area contributed by atoms with Gasteiger partial charge in [0.25, 0.3) is 0 Å². The fraction of sp³-hybridized carbons (Fsp3) is 0.889. The molecule has 1 saturated heterocycles. The Kier molecular flexibility index (Phi) is 3.86. The van der Waals surface area contributed by atoms with Crippen LogP contribution in [0.1, 0.15) is 19.8 Å². The first-order chi connectivity index (χ1) is 6.55. The molecule has 0 aromatic carbocycles. The average molecular weight is 202 g/mol. The minimum absolute atomic E-state index is 0.0838. The highest BCUT2D eigenvalue weighted by atomic mass is 16.3. The van der Waals surface area contributed by atoms with Crippen molar-refractivity contribution in [3.63, 3.8) is 0 Å². The van der Waals surface area contributed by atoms with E-state index in [0.29, 0.717) is 0 Å². The number of carbonyl (C=O) groups is 1. The maximum absolute atomic E-state index is 11.4. The lowest BCUT2D eigenvalue weighted by Crippen LogP contribution is -2.48. The topological polar surface area (TPSA) is 81.6 Å². The molecule has 82 valence electrons. The Morgan fingerprint density at radius 3 is 2.93 bits per heavy atom. The number of rotatable bonds is 4. The van der Waals surface area contributed by atoms with Gasteiger partial charge in [-0.3, -0.25) is 4.79 Å². The van der Waals surface area contributed by atoms with Crippen LogP contribution in [0.3, 0.4) is 0 Å². The summed E-state index contributed by atoms with van der Waals surface area (Å²) in [6.07, 6.45) is 1.85. The number of aliphatic hydroxyl groups is 2. The number of carbonyl (C=O) groups excluding carboxylic acids is 1. The fourth-order valence-electron chi connectivity index (χ4n) is 1.36. The number of aliphatic hydroxyl groups excluding tert-OH is 1. The van der Waals surface area contributed by atoms with E-state index < -0.39 is 5.60 Å². The first-order valence-corrected chi connectivity index (χ1v) is 4.89. The lowest BCUT2D eigenvalue weighted by molar-refractivity contribution is -0.124. The summed E-state index contributed by atoms with van der Waals surface area (Å²) in [6.45, 7) is 2.08. The van der Waals surface area contributed by atoms with Crippen LogP contribution in [0.2, 0.25) is 0 Å². The van der Waals surface area contributed by atoms with Gasteiger partial charge in [-0.15, -0.1) is 0 Å². The smallest absolute Gasteiger partial charge is 0.237 e. The third-order valence-electron chi connectivity index (χ3n) is 2.36. The van der Waals surface area contributed by atoms with Gasteiger partial charge in [-0.25, -0.2) is 0 Å². The molecule has 0 spiro atoms. The molecule has 0 aromatic heterocycles. The zero-order valence-corrected chi connectivity index (χ0v) is 8.42. The molecule has 1 rings (SSSR count). The molecule has 1 unspecified atom stereocenters. The Hall–Kier alpha value is -0.650. The van der Waals surface area contributed by atoms with Crippen LogP contribution in [0.5, 0.6) is 0 Å². The van der Waals surface area contributed by atoms with Crippen LogP contribution in [-0.4, -0.2) is 47.5 Å². The van der Waals surface area contributed by atoms with Crippen molar-refractivity contribution in [2.75, 3.05) is 19.7 Å². The van der Waals surface area contributed by atoms with Gasteiger partial charge in [0, 0.05) is 6.54 Å². The van der Waals surface area contributed by atoms with E-state index in [4.69, 9.17) is 5.11 Å².